The lowest BCUT2D eigenvalue weighted by atomic mass is 10.2. The number of nitrogens with one attached hydrogen (secondary N) is 1. The molecule has 0 aliphatic heterocycles. The molecule has 0 bridgehead atoms. The highest BCUT2D eigenvalue weighted by Crippen LogP contribution is 2.27. The maximum atomic E-state index is 13.1. The molecular formula is C13H12ClFN2O2S. The van der Waals surface area contributed by atoms with Crippen LogP contribution in [-0.4, -0.2) is 8.42 Å². The molecule has 2 aromatic rings. The molecule has 0 aliphatic rings. The van der Waals surface area contributed by atoms with Crippen molar-refractivity contribution in [1.82, 2.24) is 0 Å². The van der Waals surface area contributed by atoms with Crippen LogP contribution in [0.1, 0.15) is 5.56 Å². The van der Waals surface area contributed by atoms with Gasteiger partial charge in [-0.2, -0.15) is 0 Å². The molecule has 4 nitrogen and oxygen atoms in total. The predicted molar refractivity (Wildman–Crippen MR) is 77.8 cm³/mol. The van der Waals surface area contributed by atoms with Gasteiger partial charge in [0.1, 0.15) is 5.82 Å². The van der Waals surface area contributed by atoms with Gasteiger partial charge in [0.25, 0.3) is 10.0 Å². The molecule has 0 atom stereocenters. The fourth-order valence-corrected chi connectivity index (χ4v) is 2.96. The Morgan fingerprint density at radius 2 is 1.95 bits per heavy atom. The number of sulfonamides is 1. The van der Waals surface area contributed by atoms with Crippen molar-refractivity contribution in [3.8, 4) is 0 Å². The summed E-state index contributed by atoms with van der Waals surface area (Å²) in [6.07, 6.45) is 0. The van der Waals surface area contributed by atoms with Crippen LogP contribution < -0.4 is 10.5 Å². The van der Waals surface area contributed by atoms with E-state index < -0.39 is 15.8 Å². The second-order valence-corrected chi connectivity index (χ2v) is 6.32. The van der Waals surface area contributed by atoms with E-state index in [1.54, 1.807) is 6.92 Å². The Morgan fingerprint density at radius 3 is 2.55 bits per heavy atom. The fourth-order valence-electron chi connectivity index (χ4n) is 1.68. The summed E-state index contributed by atoms with van der Waals surface area (Å²) in [6, 6.07) is 7.84. The third-order valence-electron chi connectivity index (χ3n) is 2.64. The zero-order valence-corrected chi connectivity index (χ0v) is 12.1. The van der Waals surface area contributed by atoms with Gasteiger partial charge in [-0.1, -0.05) is 17.7 Å². The monoisotopic (exact) mass is 314 g/mol. The number of rotatable bonds is 3. The molecule has 2 aromatic carbocycles. The first kappa shape index (κ1) is 14.6. The van der Waals surface area contributed by atoms with Crippen LogP contribution in [0.2, 0.25) is 5.02 Å². The van der Waals surface area contributed by atoms with Crippen LogP contribution in [0.25, 0.3) is 0 Å². The van der Waals surface area contributed by atoms with Crippen molar-refractivity contribution in [2.45, 2.75) is 11.8 Å². The van der Waals surface area contributed by atoms with Gasteiger partial charge in [-0.15, -0.1) is 0 Å². The lowest BCUT2D eigenvalue weighted by molar-refractivity contribution is 0.601. The topological polar surface area (TPSA) is 72.2 Å². The SMILES string of the molecule is Cc1cc(S(=O)(=O)Nc2cccc(F)c2)cc(N)c1Cl. The van der Waals surface area contributed by atoms with E-state index in [1.807, 2.05) is 0 Å². The molecule has 0 aliphatic carbocycles. The smallest absolute Gasteiger partial charge is 0.261 e. The van der Waals surface area contributed by atoms with Gasteiger partial charge in [-0.05, 0) is 42.8 Å². The molecule has 3 N–H and O–H groups in total. The van der Waals surface area contributed by atoms with E-state index in [4.69, 9.17) is 17.3 Å². The number of nitrogens with two attached hydrogens (primary N) is 1. The zero-order chi connectivity index (χ0) is 14.9. The molecule has 7 heteroatoms. The molecule has 106 valence electrons. The summed E-state index contributed by atoms with van der Waals surface area (Å²) in [4.78, 5) is -0.0267. The minimum Gasteiger partial charge on any atom is -0.397 e. The Morgan fingerprint density at radius 1 is 1.25 bits per heavy atom. The van der Waals surface area contributed by atoms with Crippen molar-refractivity contribution in [2.24, 2.45) is 0 Å². The summed E-state index contributed by atoms with van der Waals surface area (Å²) < 4.78 is 39.7. The summed E-state index contributed by atoms with van der Waals surface area (Å²) in [5.41, 5.74) is 6.51. The second kappa shape index (κ2) is 5.30. The van der Waals surface area contributed by atoms with E-state index in [0.29, 0.717) is 10.6 Å². The number of hydrogen-bond donors (Lipinski definition) is 2. The summed E-state index contributed by atoms with van der Waals surface area (Å²) in [5.74, 6) is -0.531. The van der Waals surface area contributed by atoms with Crippen molar-refractivity contribution in [1.29, 1.82) is 0 Å². The van der Waals surface area contributed by atoms with Gasteiger partial charge in [0.15, 0.2) is 0 Å². The van der Waals surface area contributed by atoms with Crippen LogP contribution in [0.4, 0.5) is 15.8 Å². The minimum absolute atomic E-state index is 0.0267. The quantitative estimate of drug-likeness (QED) is 0.855. The first-order valence-electron chi connectivity index (χ1n) is 5.63. The molecule has 0 radical (unpaired) electrons. The Labute approximate surface area is 121 Å². The maximum absolute atomic E-state index is 13.1. The number of nitrogen functional groups attached to an aromatic ring is 1. The molecule has 0 saturated heterocycles. The first-order chi connectivity index (χ1) is 9.29. The van der Waals surface area contributed by atoms with Crippen LogP contribution in [0.5, 0.6) is 0 Å². The molecule has 0 saturated carbocycles. The Balaban J connectivity index is 2.41. The molecule has 0 fully saturated rings. The number of benzene rings is 2. The van der Waals surface area contributed by atoms with Crippen LogP contribution >= 0.6 is 11.6 Å². The van der Waals surface area contributed by atoms with Crippen molar-refractivity contribution in [2.75, 3.05) is 10.5 Å². The van der Waals surface area contributed by atoms with E-state index in [2.05, 4.69) is 4.72 Å². The Bertz CT molecular complexity index is 740. The van der Waals surface area contributed by atoms with Crippen molar-refractivity contribution >= 4 is 33.0 Å². The standard InChI is InChI=1S/C13H12ClFN2O2S/c1-8-5-11(7-12(16)13(8)14)20(18,19)17-10-4-2-3-9(15)6-10/h2-7,17H,16H2,1H3. The van der Waals surface area contributed by atoms with Gasteiger partial charge in [-0.25, -0.2) is 12.8 Å². The average molecular weight is 315 g/mol. The normalized spacial score (nSPS) is 11.3. The number of hydrogen-bond acceptors (Lipinski definition) is 3. The highest BCUT2D eigenvalue weighted by Gasteiger charge is 2.17. The Hall–Kier alpha value is -1.79. The van der Waals surface area contributed by atoms with E-state index in [1.165, 1.54) is 30.3 Å². The van der Waals surface area contributed by atoms with Gasteiger partial charge < -0.3 is 5.73 Å². The van der Waals surface area contributed by atoms with Gasteiger partial charge in [0.2, 0.25) is 0 Å². The molecule has 0 heterocycles. The lowest BCUT2D eigenvalue weighted by Gasteiger charge is -2.11. The van der Waals surface area contributed by atoms with Gasteiger partial charge in [0, 0.05) is 0 Å². The molecule has 20 heavy (non-hydrogen) atoms. The highest BCUT2D eigenvalue weighted by atomic mass is 35.5. The van der Waals surface area contributed by atoms with Crippen molar-refractivity contribution in [3.63, 3.8) is 0 Å². The largest absolute Gasteiger partial charge is 0.397 e. The van der Waals surface area contributed by atoms with Gasteiger partial charge in [-0.3, -0.25) is 4.72 Å². The lowest BCUT2D eigenvalue weighted by Crippen LogP contribution is -2.13. The van der Waals surface area contributed by atoms with E-state index in [0.717, 1.165) is 6.07 Å². The summed E-state index contributed by atoms with van der Waals surface area (Å²) in [7, 11) is -3.85. The van der Waals surface area contributed by atoms with Crippen LogP contribution in [-0.2, 0) is 10.0 Å². The summed E-state index contributed by atoms with van der Waals surface area (Å²) >= 11 is 5.89. The van der Waals surface area contributed by atoms with Gasteiger partial charge >= 0.3 is 0 Å². The van der Waals surface area contributed by atoms with Crippen molar-refractivity contribution < 1.29 is 12.8 Å². The Kier molecular flexibility index (Phi) is 3.87. The molecule has 0 unspecified atom stereocenters. The molecule has 0 aromatic heterocycles. The molecule has 0 amide bonds. The molecule has 2 rings (SSSR count). The van der Waals surface area contributed by atoms with E-state index in [-0.39, 0.29) is 16.3 Å². The van der Waals surface area contributed by atoms with Crippen molar-refractivity contribution in [3.05, 3.63) is 52.8 Å². The summed E-state index contributed by atoms with van der Waals surface area (Å²) in [6.45, 7) is 1.65. The second-order valence-electron chi connectivity index (χ2n) is 4.26. The number of halogens is 2. The van der Waals surface area contributed by atoms with Crippen LogP contribution in [0.3, 0.4) is 0 Å². The number of aryl methyl sites for hydroxylation is 1. The predicted octanol–water partition coefficient (Wildman–Crippen LogP) is 3.17. The summed E-state index contributed by atoms with van der Waals surface area (Å²) in [5, 5.41) is 0.315. The van der Waals surface area contributed by atoms with Crippen LogP contribution in [0, 0.1) is 12.7 Å². The average Bonchev–Trinajstić information content (AvgIpc) is 2.34. The zero-order valence-electron chi connectivity index (χ0n) is 10.5. The fraction of sp³-hybridized carbons (Fsp3) is 0.0769. The molecular weight excluding hydrogens is 303 g/mol. The third kappa shape index (κ3) is 3.02. The highest BCUT2D eigenvalue weighted by molar-refractivity contribution is 7.92. The van der Waals surface area contributed by atoms with Gasteiger partial charge in [0.05, 0.1) is 21.3 Å². The molecule has 0 spiro atoms. The number of anilines is 2. The minimum atomic E-state index is -3.85. The maximum Gasteiger partial charge on any atom is 0.261 e. The van der Waals surface area contributed by atoms with E-state index in [9.17, 15) is 12.8 Å². The first-order valence-corrected chi connectivity index (χ1v) is 7.50. The van der Waals surface area contributed by atoms with Crippen LogP contribution in [0.15, 0.2) is 41.3 Å². The van der Waals surface area contributed by atoms with E-state index >= 15 is 0 Å². The third-order valence-corrected chi connectivity index (χ3v) is 4.52.